The summed E-state index contributed by atoms with van der Waals surface area (Å²) in [6.45, 7) is 8.93. The Morgan fingerprint density at radius 1 is 0.315 bits per heavy atom. The maximum absolute atomic E-state index is 14.3. The highest BCUT2D eigenvalue weighted by atomic mass is 16.4. The predicted molar refractivity (Wildman–Crippen MR) is 383 cm³/mol. The fraction of sp³-hybridized carbons (Fsp3) is 0.662. The summed E-state index contributed by atoms with van der Waals surface area (Å²) in [5.74, 6) is -29.2. The minimum atomic E-state index is -2.19. The smallest absolute Gasteiger partial charge is 0.326 e. The van der Waals surface area contributed by atoms with E-state index in [0.717, 1.165) is 0 Å². The number of aliphatic imine (C=N–C) groups is 1. The van der Waals surface area contributed by atoms with Crippen LogP contribution in [0.2, 0.25) is 0 Å². The molecule has 0 aliphatic heterocycles. The van der Waals surface area contributed by atoms with E-state index in [2.05, 4.69) is 68.8 Å². The zero-order chi connectivity index (χ0) is 85.1. The van der Waals surface area contributed by atoms with Gasteiger partial charge in [0.2, 0.25) is 88.6 Å². The quantitative estimate of drug-likeness (QED) is 0.0153. The van der Waals surface area contributed by atoms with E-state index in [-0.39, 0.29) is 44.6 Å². The van der Waals surface area contributed by atoms with Crippen molar-refractivity contribution in [2.24, 2.45) is 57.1 Å². The number of carboxylic acid groups (broad SMARTS) is 6. The van der Waals surface area contributed by atoms with Crippen molar-refractivity contribution >= 4 is 130 Å². The van der Waals surface area contributed by atoms with Crippen LogP contribution in [-0.2, 0) is 101 Å². The largest absolute Gasteiger partial charge is 0.481 e. The molecule has 46 heteroatoms. The second-order valence-electron chi connectivity index (χ2n) is 26.7. The molecule has 624 valence electrons. The number of primary amides is 3. The van der Waals surface area contributed by atoms with E-state index in [1.807, 2.05) is 0 Å². The van der Waals surface area contributed by atoms with Gasteiger partial charge in [-0.1, -0.05) is 48.0 Å². The predicted octanol–water partition coefficient (Wildman–Crippen LogP) is -8.23. The van der Waals surface area contributed by atoms with Crippen LogP contribution in [0.1, 0.15) is 170 Å². The number of carbonyl (C=O) groups excluding carboxylic acids is 15. The van der Waals surface area contributed by atoms with E-state index < -0.39 is 318 Å². The van der Waals surface area contributed by atoms with Gasteiger partial charge in [-0.2, -0.15) is 0 Å². The molecular weight excluding hydrogens is 1480 g/mol. The molecule has 0 rings (SSSR count). The molecule has 15 amide bonds. The van der Waals surface area contributed by atoms with Gasteiger partial charge in [0.15, 0.2) is 5.96 Å². The van der Waals surface area contributed by atoms with Gasteiger partial charge in [-0.3, -0.25) is 101 Å². The first-order valence-corrected chi connectivity index (χ1v) is 35.3. The first-order chi connectivity index (χ1) is 51.7. The molecule has 0 aromatic heterocycles. The number of nitrogens with two attached hydrogens (primary N) is 6. The molecular formula is C65H107N19O27. The third-order valence-electron chi connectivity index (χ3n) is 16.3. The van der Waals surface area contributed by atoms with Crippen LogP contribution in [-0.4, -0.2) is 247 Å². The zero-order valence-electron chi connectivity index (χ0n) is 62.4. The van der Waals surface area contributed by atoms with Gasteiger partial charge in [-0.25, -0.2) is 4.79 Å². The van der Waals surface area contributed by atoms with Gasteiger partial charge in [-0.15, -0.1) is 0 Å². The first kappa shape index (κ1) is 99.1. The molecule has 0 radical (unpaired) electrons. The van der Waals surface area contributed by atoms with Gasteiger partial charge >= 0.3 is 35.8 Å². The van der Waals surface area contributed by atoms with Crippen LogP contribution < -0.4 is 98.2 Å². The number of hydrogen-bond acceptors (Lipinski definition) is 23. The third kappa shape index (κ3) is 42.4. The summed E-state index contributed by atoms with van der Waals surface area (Å²) in [5, 5.41) is 84.7. The molecule has 0 aromatic carbocycles. The van der Waals surface area contributed by atoms with Crippen LogP contribution in [0.4, 0.5) is 0 Å². The van der Waals surface area contributed by atoms with Gasteiger partial charge in [0, 0.05) is 51.5 Å². The summed E-state index contributed by atoms with van der Waals surface area (Å²) in [6, 6.07) is -21.9. The Hall–Kier alpha value is -11.9. The number of carboxylic acids is 6. The molecule has 0 fully saturated rings. The molecule has 30 N–H and O–H groups in total. The van der Waals surface area contributed by atoms with Gasteiger partial charge in [0.1, 0.15) is 72.5 Å². The topological polar surface area (TPSA) is 793 Å². The van der Waals surface area contributed by atoms with Crippen LogP contribution in [0.3, 0.4) is 0 Å². The molecule has 13 atom stereocenters. The van der Waals surface area contributed by atoms with E-state index in [1.165, 1.54) is 13.8 Å². The first-order valence-electron chi connectivity index (χ1n) is 35.3. The van der Waals surface area contributed by atoms with Crippen molar-refractivity contribution in [3.63, 3.8) is 0 Å². The summed E-state index contributed by atoms with van der Waals surface area (Å²) in [6.07, 6.45) is -12.1. The Labute approximate surface area is 636 Å². The molecule has 0 heterocycles. The normalized spacial score (nSPS) is 14.5. The number of carbonyl (C=O) groups is 21. The minimum absolute atomic E-state index is 0.0197. The van der Waals surface area contributed by atoms with Crippen LogP contribution in [0.15, 0.2) is 4.99 Å². The van der Waals surface area contributed by atoms with Crippen molar-refractivity contribution in [3.05, 3.63) is 0 Å². The fourth-order valence-electron chi connectivity index (χ4n) is 10.3. The summed E-state index contributed by atoms with van der Waals surface area (Å²) >= 11 is 0. The lowest BCUT2D eigenvalue weighted by molar-refractivity contribution is -0.143. The van der Waals surface area contributed by atoms with Crippen molar-refractivity contribution in [1.82, 2.24) is 63.8 Å². The summed E-state index contributed by atoms with van der Waals surface area (Å²) in [4.78, 5) is 279. The number of rotatable bonds is 58. The fourth-order valence-corrected chi connectivity index (χ4v) is 10.3. The van der Waals surface area contributed by atoms with Gasteiger partial charge in [0.05, 0.1) is 13.0 Å². The van der Waals surface area contributed by atoms with Gasteiger partial charge in [0.25, 0.3) is 0 Å². The molecule has 46 nitrogen and oxygen atoms in total. The number of amides is 15. The van der Waals surface area contributed by atoms with E-state index in [4.69, 9.17) is 34.4 Å². The number of hydrogen-bond donors (Lipinski definition) is 24. The number of guanidine groups is 1. The molecule has 0 saturated carbocycles. The van der Waals surface area contributed by atoms with E-state index in [0.29, 0.717) is 0 Å². The zero-order valence-corrected chi connectivity index (χ0v) is 62.4. The minimum Gasteiger partial charge on any atom is -0.481 e. The summed E-state index contributed by atoms with van der Waals surface area (Å²) < 4.78 is 0. The second-order valence-corrected chi connectivity index (χ2v) is 26.7. The highest BCUT2D eigenvalue weighted by Crippen LogP contribution is 2.16. The van der Waals surface area contributed by atoms with Crippen LogP contribution in [0, 0.1) is 17.8 Å². The van der Waals surface area contributed by atoms with Gasteiger partial charge < -0.3 is 129 Å². The lowest BCUT2D eigenvalue weighted by atomic mass is 9.96. The van der Waals surface area contributed by atoms with Crippen molar-refractivity contribution in [1.29, 1.82) is 0 Å². The lowest BCUT2D eigenvalue weighted by Gasteiger charge is -2.29. The summed E-state index contributed by atoms with van der Waals surface area (Å²) in [7, 11) is 0. The third-order valence-corrected chi connectivity index (χ3v) is 16.3. The maximum Gasteiger partial charge on any atom is 0.326 e. The molecule has 0 aliphatic rings. The highest BCUT2D eigenvalue weighted by Gasteiger charge is 2.39. The average molecular weight is 1590 g/mol. The van der Waals surface area contributed by atoms with Crippen molar-refractivity contribution < 1.29 is 131 Å². The number of aliphatic carboxylic acids is 6. The van der Waals surface area contributed by atoms with Gasteiger partial charge in [-0.05, 0) is 88.4 Å². The van der Waals surface area contributed by atoms with E-state index in [9.17, 15) is 131 Å². The van der Waals surface area contributed by atoms with Crippen LogP contribution in [0.25, 0.3) is 0 Å². The van der Waals surface area contributed by atoms with Crippen LogP contribution in [0.5, 0.6) is 0 Å². The molecule has 0 aliphatic carbocycles. The number of nitrogens with zero attached hydrogens (tertiary/aromatic N) is 1. The highest BCUT2D eigenvalue weighted by molar-refractivity contribution is 6.01. The monoisotopic (exact) mass is 1590 g/mol. The standard InChI is InChI=1S/C65H107N19O27/c1-7-31(6)52(63(109)80-39(64(110)111)9-8-24-72-65(70)71)84-62(108)41(26-30(4)5)82-58(104)37(15-22-50(95)96)75-55(101)34(11-18-44(68)86)79-61(107)42(27-45(69)87)83-59(105)38(16-23-51(97)98)76-54(100)33(10-17-43(67)85)78-60(106)40(25-29(2)3)81-57(103)36(14-21-49(93)94)77-56(102)35(13-20-48(91)92)74-53(99)32(12-19-47(89)90)73-46(88)28-66/h29-42,52H,7-28,66H2,1-6H3,(H2,67,85)(H2,68,86)(H2,69,87)(H,73,88)(H,74,99)(H,75,101)(H,76,100)(H,77,102)(H,78,106)(H,79,107)(H,80,109)(H,81,103)(H,82,104)(H,83,105)(H,84,108)(H,89,90)(H,91,92)(H,93,94)(H,95,96)(H,97,98)(H,110,111)(H4,70,71,72)/t31-,32-,33-,34-,35-,36-,37-,38-,39-,40-,41-,42-,52-/m0/s1. The molecule has 111 heavy (non-hydrogen) atoms. The number of nitrogens with one attached hydrogen (secondary N) is 12. The molecule has 0 unspecified atom stereocenters. The second kappa shape index (κ2) is 51.4. The van der Waals surface area contributed by atoms with Crippen LogP contribution >= 0.6 is 0 Å². The van der Waals surface area contributed by atoms with Crippen molar-refractivity contribution in [2.75, 3.05) is 13.1 Å². The molecule has 0 saturated heterocycles. The molecule has 0 aromatic rings. The average Bonchev–Trinajstić information content (AvgIpc) is 0.855. The molecule has 0 bridgehead atoms. The summed E-state index contributed by atoms with van der Waals surface area (Å²) in [5.41, 5.74) is 32.3. The molecule has 0 spiro atoms. The Bertz CT molecular complexity index is 3350. The van der Waals surface area contributed by atoms with Crippen molar-refractivity contribution in [2.45, 2.75) is 242 Å². The Kier molecular flexibility index (Phi) is 45.9. The maximum atomic E-state index is 14.3. The lowest BCUT2D eigenvalue weighted by Crippen LogP contribution is -2.61. The Balaban J connectivity index is 7.42. The Morgan fingerprint density at radius 2 is 0.577 bits per heavy atom. The Morgan fingerprint density at radius 3 is 0.838 bits per heavy atom. The van der Waals surface area contributed by atoms with E-state index in [1.54, 1.807) is 27.7 Å². The van der Waals surface area contributed by atoms with E-state index >= 15 is 0 Å². The SMILES string of the molecule is CC[C@H](C)[C@H](NC(=O)[C@H](CC(C)C)NC(=O)[C@H](CCC(=O)O)NC(=O)[C@H](CCC(N)=O)NC(=O)[C@H](CC(N)=O)NC(=O)[C@H](CCC(=O)O)NC(=O)[C@H](CCC(N)=O)NC(=O)[C@H](CC(C)C)NC(=O)[C@H](CCC(=O)O)NC(=O)[C@H](CCC(=O)O)NC(=O)[C@H](CCC(=O)O)NC(=O)CN)C(=O)N[C@@H](CCCN=C(N)N)C(=O)O. The van der Waals surface area contributed by atoms with Crippen molar-refractivity contribution in [3.8, 4) is 0 Å².